The third-order valence-corrected chi connectivity index (χ3v) is 8.59. The maximum Gasteiger partial charge on any atom is 0.334 e. The number of fused-ring (bicyclic) bond motifs is 1. The highest BCUT2D eigenvalue weighted by Gasteiger charge is 2.50. The number of hydrogen-bond donors (Lipinski definition) is 2. The largest absolute Gasteiger partial charge is 0.508 e. The van der Waals surface area contributed by atoms with Crippen LogP contribution in [0.15, 0.2) is 78.9 Å². The van der Waals surface area contributed by atoms with Crippen LogP contribution in [0.5, 0.6) is 5.75 Å². The van der Waals surface area contributed by atoms with Crippen molar-refractivity contribution in [1.82, 2.24) is 25.1 Å². The van der Waals surface area contributed by atoms with Gasteiger partial charge < -0.3 is 25.1 Å². The summed E-state index contributed by atoms with van der Waals surface area (Å²) in [6.07, 6.45) is 1.96. The fraction of sp³-hybridized carbons (Fsp3) is 0.364. The number of nitrogens with one attached hydrogen (secondary N) is 1. The summed E-state index contributed by atoms with van der Waals surface area (Å²) in [6.45, 7) is 0.858. The lowest BCUT2D eigenvalue weighted by atomic mass is 9.98. The second kappa shape index (κ2) is 12.0. The molecule has 43 heavy (non-hydrogen) atoms. The number of benzene rings is 3. The molecule has 3 aliphatic rings. The summed E-state index contributed by atoms with van der Waals surface area (Å²) in [6, 6.07) is 24.0. The van der Waals surface area contributed by atoms with E-state index >= 15 is 0 Å². The lowest BCUT2D eigenvalue weighted by molar-refractivity contribution is -0.187. The Morgan fingerprint density at radius 3 is 2.40 bits per heavy atom. The van der Waals surface area contributed by atoms with Crippen LogP contribution in [0, 0.1) is 0 Å². The van der Waals surface area contributed by atoms with Crippen molar-refractivity contribution in [2.24, 2.45) is 0 Å². The molecule has 0 aromatic heterocycles. The number of piperazine rings is 1. The van der Waals surface area contributed by atoms with Gasteiger partial charge in [0.15, 0.2) is 0 Å². The van der Waals surface area contributed by atoms with E-state index in [9.17, 15) is 19.5 Å². The lowest BCUT2D eigenvalue weighted by Gasteiger charge is -2.54. The SMILES string of the molecule is CN(c1cccc(CN2C[C@H]3N(C(=O)CN(C)N3C(=O)NCc3ccccc3)[C@@H](Cc3ccc(O)cc3)C2=O)c1)C1CC1. The van der Waals surface area contributed by atoms with E-state index < -0.39 is 12.2 Å². The minimum atomic E-state index is -0.800. The number of phenolic OH excluding ortho intramolecular Hbond substituents is 1. The molecule has 2 atom stereocenters. The Bertz CT molecular complexity index is 1480. The Kier molecular flexibility index (Phi) is 7.94. The van der Waals surface area contributed by atoms with Crippen LogP contribution in [-0.4, -0.2) is 88.2 Å². The van der Waals surface area contributed by atoms with Crippen LogP contribution in [0.25, 0.3) is 0 Å². The molecule has 10 heteroatoms. The molecule has 0 spiro atoms. The van der Waals surface area contributed by atoms with Gasteiger partial charge in [-0.3, -0.25) is 9.59 Å². The maximum absolute atomic E-state index is 14.1. The van der Waals surface area contributed by atoms with Crippen molar-refractivity contribution >= 4 is 23.5 Å². The van der Waals surface area contributed by atoms with Gasteiger partial charge in [-0.1, -0.05) is 54.6 Å². The van der Waals surface area contributed by atoms with Crippen LogP contribution in [0.1, 0.15) is 29.5 Å². The molecule has 2 saturated heterocycles. The Morgan fingerprint density at radius 2 is 1.67 bits per heavy atom. The molecule has 1 aliphatic carbocycles. The van der Waals surface area contributed by atoms with Gasteiger partial charge in [0.05, 0.1) is 13.1 Å². The maximum atomic E-state index is 14.1. The topological polar surface area (TPSA) is 99.7 Å². The third-order valence-electron chi connectivity index (χ3n) is 8.59. The van der Waals surface area contributed by atoms with Gasteiger partial charge in [0.25, 0.3) is 0 Å². The minimum Gasteiger partial charge on any atom is -0.508 e. The molecule has 3 aromatic rings. The summed E-state index contributed by atoms with van der Waals surface area (Å²) >= 11 is 0. The van der Waals surface area contributed by atoms with E-state index in [1.807, 2.05) is 42.5 Å². The second-order valence-corrected chi connectivity index (χ2v) is 11.7. The van der Waals surface area contributed by atoms with Gasteiger partial charge in [0.1, 0.15) is 18.0 Å². The van der Waals surface area contributed by atoms with E-state index in [4.69, 9.17) is 0 Å². The van der Waals surface area contributed by atoms with E-state index in [0.717, 1.165) is 22.4 Å². The van der Waals surface area contributed by atoms with Gasteiger partial charge in [-0.25, -0.2) is 14.8 Å². The number of anilines is 1. The molecule has 0 unspecified atom stereocenters. The monoisotopic (exact) mass is 582 g/mol. The first-order valence-electron chi connectivity index (χ1n) is 14.8. The van der Waals surface area contributed by atoms with Crippen molar-refractivity contribution in [3.63, 3.8) is 0 Å². The molecule has 1 saturated carbocycles. The molecular weight excluding hydrogens is 544 g/mol. The predicted octanol–water partition coefficient (Wildman–Crippen LogP) is 3.17. The van der Waals surface area contributed by atoms with Crippen LogP contribution in [0.3, 0.4) is 0 Å². The van der Waals surface area contributed by atoms with Gasteiger partial charge in [0.2, 0.25) is 11.8 Å². The molecule has 3 fully saturated rings. The quantitative estimate of drug-likeness (QED) is 0.424. The van der Waals surface area contributed by atoms with Crippen LogP contribution in [0.2, 0.25) is 0 Å². The van der Waals surface area contributed by atoms with Crippen molar-refractivity contribution in [2.45, 2.75) is 50.6 Å². The number of aromatic hydroxyl groups is 1. The molecule has 10 nitrogen and oxygen atoms in total. The molecule has 2 N–H and O–H groups in total. The average molecular weight is 583 g/mol. The fourth-order valence-electron chi connectivity index (χ4n) is 6.12. The highest BCUT2D eigenvalue weighted by Crippen LogP contribution is 2.32. The lowest BCUT2D eigenvalue weighted by Crippen LogP contribution is -2.76. The standard InChI is InChI=1S/C33H38N6O4/c1-35-22-31(41)38-29(18-23-11-15-28(40)16-12-23)32(42)37(20-25-9-6-10-27(17-25)36(2)26-13-14-26)21-30(38)39(35)33(43)34-19-24-7-4-3-5-8-24/h3-12,15-17,26,29-30,40H,13-14,18-22H2,1-2H3,(H,34,43)/t29-,30-/m0/s1. The fourth-order valence-corrected chi connectivity index (χ4v) is 6.12. The molecule has 4 amide bonds. The first kappa shape index (κ1) is 28.5. The Morgan fingerprint density at radius 1 is 0.953 bits per heavy atom. The highest BCUT2D eigenvalue weighted by atomic mass is 16.3. The van der Waals surface area contributed by atoms with Gasteiger partial charge >= 0.3 is 6.03 Å². The van der Waals surface area contributed by atoms with Crippen molar-refractivity contribution < 1.29 is 19.5 Å². The molecule has 3 aromatic carbocycles. The Hall–Kier alpha value is -4.57. The molecule has 2 heterocycles. The third kappa shape index (κ3) is 6.15. The van der Waals surface area contributed by atoms with E-state index in [1.54, 1.807) is 51.1 Å². The number of amides is 4. The zero-order valence-corrected chi connectivity index (χ0v) is 24.6. The number of carbonyl (C=O) groups is 3. The number of hydrazine groups is 1. The smallest absolute Gasteiger partial charge is 0.334 e. The minimum absolute atomic E-state index is 0.0236. The number of hydrogen-bond acceptors (Lipinski definition) is 6. The van der Waals surface area contributed by atoms with E-state index in [1.165, 1.54) is 12.8 Å². The zero-order valence-electron chi connectivity index (χ0n) is 24.6. The summed E-state index contributed by atoms with van der Waals surface area (Å²) in [4.78, 5) is 47.0. The van der Waals surface area contributed by atoms with Crippen LogP contribution >= 0.6 is 0 Å². The number of nitrogens with zero attached hydrogens (tertiary/aromatic N) is 5. The van der Waals surface area contributed by atoms with Crippen molar-refractivity contribution in [3.8, 4) is 5.75 Å². The Balaban J connectivity index is 1.30. The summed E-state index contributed by atoms with van der Waals surface area (Å²) in [7, 11) is 3.83. The molecule has 0 radical (unpaired) electrons. The normalized spacial score (nSPS) is 20.7. The predicted molar refractivity (Wildman–Crippen MR) is 163 cm³/mol. The first-order chi connectivity index (χ1) is 20.8. The van der Waals surface area contributed by atoms with Gasteiger partial charge in [-0.2, -0.15) is 0 Å². The summed E-state index contributed by atoms with van der Waals surface area (Å²) < 4.78 is 0. The molecule has 0 bridgehead atoms. The van der Waals surface area contributed by atoms with E-state index in [2.05, 4.69) is 29.4 Å². The van der Waals surface area contributed by atoms with Gasteiger partial charge in [-0.05, 0) is 53.8 Å². The van der Waals surface area contributed by atoms with Crippen LogP contribution in [-0.2, 0) is 29.1 Å². The number of urea groups is 1. The van der Waals surface area contributed by atoms with Crippen LogP contribution < -0.4 is 10.2 Å². The van der Waals surface area contributed by atoms with E-state index in [-0.39, 0.29) is 43.1 Å². The average Bonchev–Trinajstić information content (AvgIpc) is 3.85. The highest BCUT2D eigenvalue weighted by molar-refractivity contribution is 5.91. The zero-order chi connectivity index (χ0) is 30.1. The summed E-state index contributed by atoms with van der Waals surface area (Å²) in [5.74, 6) is -0.233. The van der Waals surface area contributed by atoms with Crippen molar-refractivity contribution in [2.75, 3.05) is 32.1 Å². The number of likely N-dealkylation sites (N-methyl/N-ethyl adjacent to an activating group) is 1. The summed E-state index contributed by atoms with van der Waals surface area (Å²) in [5.41, 5.74) is 3.88. The van der Waals surface area contributed by atoms with Gasteiger partial charge in [0, 0.05) is 45.3 Å². The Labute approximate surface area is 252 Å². The number of carbonyl (C=O) groups excluding carboxylic acids is 3. The van der Waals surface area contributed by atoms with Crippen molar-refractivity contribution in [3.05, 3.63) is 95.6 Å². The first-order valence-corrected chi connectivity index (χ1v) is 14.8. The molecular formula is C33H38N6O4. The number of rotatable bonds is 8. The molecule has 6 rings (SSSR count). The molecule has 224 valence electrons. The summed E-state index contributed by atoms with van der Waals surface area (Å²) in [5, 5.41) is 16.0. The number of phenols is 1. The van der Waals surface area contributed by atoms with E-state index in [0.29, 0.717) is 19.1 Å². The second-order valence-electron chi connectivity index (χ2n) is 11.7. The van der Waals surface area contributed by atoms with Gasteiger partial charge in [-0.15, -0.1) is 0 Å². The van der Waals surface area contributed by atoms with Crippen molar-refractivity contribution in [1.29, 1.82) is 0 Å². The van der Waals surface area contributed by atoms with Crippen LogP contribution in [0.4, 0.5) is 10.5 Å². The molecule has 2 aliphatic heterocycles.